The van der Waals surface area contributed by atoms with Crippen molar-refractivity contribution in [3.63, 3.8) is 0 Å². The molecule has 6 heteroatoms. The number of rotatable bonds is 2. The monoisotopic (exact) mass is 336 g/mol. The predicted molar refractivity (Wildman–Crippen MR) is 86.9 cm³/mol. The third-order valence-corrected chi connectivity index (χ3v) is 5.43. The molecule has 0 spiro atoms. The van der Waals surface area contributed by atoms with Crippen LogP contribution in [-0.2, 0) is 0 Å². The van der Waals surface area contributed by atoms with E-state index in [0.29, 0.717) is 4.88 Å². The average Bonchev–Trinajstić information content (AvgIpc) is 2.99. The van der Waals surface area contributed by atoms with E-state index in [2.05, 4.69) is 4.98 Å². The standard InChI is InChI=1S/C17H18F2N2OS/c1-11-9-20-7-5-13(11)14-3-4-15(23-14)16(22)21-8-6-17(18,19)12(2)10-21/h3-5,7,9,12H,6,8,10H2,1-2H3. The number of aryl methyl sites for hydroxylation is 1. The van der Waals surface area contributed by atoms with Crippen LogP contribution in [0.4, 0.5) is 8.78 Å². The third-order valence-electron chi connectivity index (χ3n) is 4.32. The highest BCUT2D eigenvalue weighted by molar-refractivity contribution is 7.17. The van der Waals surface area contributed by atoms with Crippen molar-refractivity contribution >= 4 is 17.2 Å². The zero-order chi connectivity index (χ0) is 16.6. The lowest BCUT2D eigenvalue weighted by atomic mass is 9.95. The number of carbonyl (C=O) groups excluding carboxylic acids is 1. The molecular weight excluding hydrogens is 318 g/mol. The minimum Gasteiger partial charge on any atom is -0.337 e. The van der Waals surface area contributed by atoms with Gasteiger partial charge in [-0.15, -0.1) is 11.3 Å². The third kappa shape index (κ3) is 3.13. The summed E-state index contributed by atoms with van der Waals surface area (Å²) in [5, 5.41) is 0. The summed E-state index contributed by atoms with van der Waals surface area (Å²) in [6, 6.07) is 5.60. The molecule has 1 aliphatic heterocycles. The zero-order valence-electron chi connectivity index (χ0n) is 13.1. The summed E-state index contributed by atoms with van der Waals surface area (Å²) in [5.74, 6) is -3.64. The Balaban J connectivity index is 1.79. The van der Waals surface area contributed by atoms with Crippen molar-refractivity contribution in [3.8, 4) is 10.4 Å². The molecule has 3 heterocycles. The van der Waals surface area contributed by atoms with Crippen LogP contribution < -0.4 is 0 Å². The number of amides is 1. The lowest BCUT2D eigenvalue weighted by molar-refractivity contribution is -0.0920. The van der Waals surface area contributed by atoms with Crippen molar-refractivity contribution in [1.29, 1.82) is 0 Å². The van der Waals surface area contributed by atoms with Gasteiger partial charge in [-0.2, -0.15) is 0 Å². The summed E-state index contributed by atoms with van der Waals surface area (Å²) in [6.45, 7) is 3.68. The van der Waals surface area contributed by atoms with Crippen molar-refractivity contribution < 1.29 is 13.6 Å². The first-order valence-electron chi connectivity index (χ1n) is 7.56. The first-order valence-corrected chi connectivity index (χ1v) is 8.38. The summed E-state index contributed by atoms with van der Waals surface area (Å²) in [7, 11) is 0. The number of aromatic nitrogens is 1. The van der Waals surface area contributed by atoms with E-state index in [1.165, 1.54) is 23.2 Å². The number of hydrogen-bond donors (Lipinski definition) is 0. The van der Waals surface area contributed by atoms with Gasteiger partial charge in [-0.3, -0.25) is 9.78 Å². The molecule has 0 radical (unpaired) electrons. The van der Waals surface area contributed by atoms with Gasteiger partial charge in [0.2, 0.25) is 0 Å². The van der Waals surface area contributed by atoms with E-state index in [-0.39, 0.29) is 25.4 Å². The maximum Gasteiger partial charge on any atom is 0.263 e. The summed E-state index contributed by atoms with van der Waals surface area (Å²) >= 11 is 1.40. The van der Waals surface area contributed by atoms with Crippen molar-refractivity contribution in [2.24, 2.45) is 5.92 Å². The molecule has 3 nitrogen and oxygen atoms in total. The largest absolute Gasteiger partial charge is 0.337 e. The van der Waals surface area contributed by atoms with Gasteiger partial charge < -0.3 is 4.90 Å². The number of hydrogen-bond acceptors (Lipinski definition) is 3. The predicted octanol–water partition coefficient (Wildman–Crippen LogP) is 4.24. The van der Waals surface area contributed by atoms with Gasteiger partial charge in [0.1, 0.15) is 0 Å². The van der Waals surface area contributed by atoms with Gasteiger partial charge in [0.15, 0.2) is 0 Å². The minimum atomic E-state index is -2.68. The molecule has 2 aromatic rings. The number of halogens is 2. The number of alkyl halides is 2. The fourth-order valence-corrected chi connectivity index (χ4v) is 3.84. The smallest absolute Gasteiger partial charge is 0.263 e. The Morgan fingerprint density at radius 1 is 1.39 bits per heavy atom. The van der Waals surface area contributed by atoms with Gasteiger partial charge in [-0.25, -0.2) is 8.78 Å². The SMILES string of the molecule is Cc1cnccc1-c1ccc(C(=O)N2CCC(F)(F)C(C)C2)s1. The highest BCUT2D eigenvalue weighted by atomic mass is 32.1. The molecule has 1 atom stereocenters. The Labute approximate surface area is 138 Å². The van der Waals surface area contributed by atoms with E-state index in [0.717, 1.165) is 16.0 Å². The van der Waals surface area contributed by atoms with Crippen LogP contribution in [0.5, 0.6) is 0 Å². The molecule has 122 valence electrons. The summed E-state index contributed by atoms with van der Waals surface area (Å²) in [4.78, 5) is 19.8. The average molecular weight is 336 g/mol. The van der Waals surface area contributed by atoms with Crippen molar-refractivity contribution in [3.05, 3.63) is 41.0 Å². The van der Waals surface area contributed by atoms with E-state index in [1.807, 2.05) is 19.1 Å². The van der Waals surface area contributed by atoms with Gasteiger partial charge in [0, 0.05) is 42.7 Å². The number of carbonyl (C=O) groups is 1. The molecule has 23 heavy (non-hydrogen) atoms. The van der Waals surface area contributed by atoms with Crippen LogP contribution in [0.25, 0.3) is 10.4 Å². The van der Waals surface area contributed by atoms with Crippen LogP contribution in [0, 0.1) is 12.8 Å². The van der Waals surface area contributed by atoms with Crippen molar-refractivity contribution in [1.82, 2.24) is 9.88 Å². The molecule has 1 amide bonds. The summed E-state index contributed by atoms with van der Waals surface area (Å²) in [5.41, 5.74) is 2.09. The van der Waals surface area contributed by atoms with Crippen LogP contribution in [0.15, 0.2) is 30.6 Å². The van der Waals surface area contributed by atoms with Gasteiger partial charge in [-0.05, 0) is 36.2 Å². The van der Waals surface area contributed by atoms with Crippen molar-refractivity contribution in [2.45, 2.75) is 26.2 Å². The summed E-state index contributed by atoms with van der Waals surface area (Å²) < 4.78 is 27.1. The molecule has 0 aromatic carbocycles. The first kappa shape index (κ1) is 16.1. The molecule has 1 fully saturated rings. The lowest BCUT2D eigenvalue weighted by Crippen LogP contribution is -2.48. The second kappa shape index (κ2) is 6.00. The van der Waals surface area contributed by atoms with E-state index in [9.17, 15) is 13.6 Å². The van der Waals surface area contributed by atoms with E-state index < -0.39 is 11.8 Å². The highest BCUT2D eigenvalue weighted by Gasteiger charge is 2.42. The van der Waals surface area contributed by atoms with Gasteiger partial charge in [0.05, 0.1) is 4.88 Å². The Bertz CT molecular complexity index is 729. The maximum atomic E-state index is 13.6. The molecule has 3 rings (SSSR count). The van der Waals surface area contributed by atoms with Gasteiger partial charge >= 0.3 is 0 Å². The number of piperidine rings is 1. The van der Waals surface area contributed by atoms with Gasteiger partial charge in [-0.1, -0.05) is 6.92 Å². The molecule has 0 saturated carbocycles. The Morgan fingerprint density at radius 2 is 2.17 bits per heavy atom. The lowest BCUT2D eigenvalue weighted by Gasteiger charge is -2.36. The topological polar surface area (TPSA) is 33.2 Å². The first-order chi connectivity index (χ1) is 10.9. The minimum absolute atomic E-state index is 0.105. The fourth-order valence-electron chi connectivity index (χ4n) is 2.77. The Kier molecular flexibility index (Phi) is 4.19. The van der Waals surface area contributed by atoms with Crippen molar-refractivity contribution in [2.75, 3.05) is 13.1 Å². The van der Waals surface area contributed by atoms with Gasteiger partial charge in [0.25, 0.3) is 11.8 Å². The molecular formula is C17H18F2N2OS. The Hall–Kier alpha value is -1.82. The fraction of sp³-hybridized carbons (Fsp3) is 0.412. The van der Waals surface area contributed by atoms with Crippen LogP contribution in [-0.4, -0.2) is 34.8 Å². The number of likely N-dealkylation sites (tertiary alicyclic amines) is 1. The zero-order valence-corrected chi connectivity index (χ0v) is 13.9. The number of pyridine rings is 1. The number of thiophene rings is 1. The number of nitrogens with zero attached hydrogens (tertiary/aromatic N) is 2. The summed E-state index contributed by atoms with van der Waals surface area (Å²) in [6.07, 6.45) is 3.24. The molecule has 0 aliphatic carbocycles. The van der Waals surface area contributed by atoms with E-state index >= 15 is 0 Å². The second-order valence-electron chi connectivity index (χ2n) is 6.02. The second-order valence-corrected chi connectivity index (χ2v) is 7.10. The van der Waals surface area contributed by atoms with Crippen LogP contribution in [0.2, 0.25) is 0 Å². The molecule has 2 aromatic heterocycles. The maximum absolute atomic E-state index is 13.6. The van der Waals surface area contributed by atoms with Crippen LogP contribution >= 0.6 is 11.3 Å². The van der Waals surface area contributed by atoms with Crippen LogP contribution in [0.1, 0.15) is 28.6 Å². The van der Waals surface area contributed by atoms with E-state index in [1.54, 1.807) is 18.5 Å². The molecule has 1 aliphatic rings. The molecule has 0 N–H and O–H groups in total. The van der Waals surface area contributed by atoms with Crippen LogP contribution in [0.3, 0.4) is 0 Å². The highest BCUT2D eigenvalue weighted by Crippen LogP contribution is 2.35. The molecule has 1 unspecified atom stereocenters. The molecule has 1 saturated heterocycles. The molecule has 0 bridgehead atoms. The van der Waals surface area contributed by atoms with E-state index in [4.69, 9.17) is 0 Å². The Morgan fingerprint density at radius 3 is 2.87 bits per heavy atom. The quantitative estimate of drug-likeness (QED) is 0.822. The normalized spacial score (nSPS) is 20.5.